The number of rotatable bonds is 4. The normalized spacial score (nSPS) is 16.1. The fourth-order valence-electron chi connectivity index (χ4n) is 2.55. The number of aromatic nitrogens is 1. The molecule has 1 aromatic rings. The fraction of sp³-hybridized carbons (Fsp3) is 0.538. The van der Waals surface area contributed by atoms with Gasteiger partial charge in [-0.25, -0.2) is 4.98 Å². The highest BCUT2D eigenvalue weighted by atomic mass is 32.1. The standard InChI is InChI=1S/C13H19N3S/c1-2-16(11-5-3-4-6-11)12-9-10(13(14)17)7-8-15-12/h7-9,11H,2-6H2,1H3,(H2,14,17). The van der Waals surface area contributed by atoms with Crippen molar-refractivity contribution < 1.29 is 0 Å². The van der Waals surface area contributed by atoms with Crippen molar-refractivity contribution in [3.63, 3.8) is 0 Å². The molecule has 0 atom stereocenters. The minimum atomic E-state index is 0.441. The Labute approximate surface area is 108 Å². The van der Waals surface area contributed by atoms with Crippen LogP contribution in [0.1, 0.15) is 38.2 Å². The van der Waals surface area contributed by atoms with Crippen LogP contribution < -0.4 is 10.6 Å². The number of nitrogens with two attached hydrogens (primary N) is 1. The van der Waals surface area contributed by atoms with Crippen molar-refractivity contribution in [2.24, 2.45) is 5.73 Å². The van der Waals surface area contributed by atoms with E-state index in [4.69, 9.17) is 18.0 Å². The molecule has 0 aliphatic heterocycles. The van der Waals surface area contributed by atoms with Crippen LogP contribution in [-0.4, -0.2) is 22.6 Å². The Balaban J connectivity index is 2.23. The third kappa shape index (κ3) is 2.75. The van der Waals surface area contributed by atoms with E-state index in [0.717, 1.165) is 17.9 Å². The van der Waals surface area contributed by atoms with Crippen LogP contribution in [0.25, 0.3) is 0 Å². The molecule has 0 spiro atoms. The van der Waals surface area contributed by atoms with E-state index in [0.29, 0.717) is 11.0 Å². The molecule has 1 saturated carbocycles. The first-order chi connectivity index (χ1) is 8.22. The van der Waals surface area contributed by atoms with Gasteiger partial charge in [0.05, 0.1) is 0 Å². The summed E-state index contributed by atoms with van der Waals surface area (Å²) in [5, 5.41) is 0. The maximum Gasteiger partial charge on any atom is 0.129 e. The third-order valence-electron chi connectivity index (χ3n) is 3.43. The van der Waals surface area contributed by atoms with Gasteiger partial charge in [-0.1, -0.05) is 25.1 Å². The summed E-state index contributed by atoms with van der Waals surface area (Å²) >= 11 is 5.01. The number of pyridine rings is 1. The molecule has 1 aromatic heterocycles. The molecule has 1 aliphatic carbocycles. The van der Waals surface area contributed by atoms with Gasteiger partial charge in [0.1, 0.15) is 10.8 Å². The van der Waals surface area contributed by atoms with Crippen LogP contribution in [-0.2, 0) is 0 Å². The molecular weight excluding hydrogens is 230 g/mol. The molecule has 4 heteroatoms. The van der Waals surface area contributed by atoms with Crippen molar-refractivity contribution in [3.05, 3.63) is 23.9 Å². The molecule has 0 unspecified atom stereocenters. The molecule has 0 bridgehead atoms. The molecule has 92 valence electrons. The number of thiocarbonyl (C=S) groups is 1. The molecule has 0 amide bonds. The Morgan fingerprint density at radius 3 is 2.82 bits per heavy atom. The summed E-state index contributed by atoms with van der Waals surface area (Å²) in [7, 11) is 0. The molecule has 17 heavy (non-hydrogen) atoms. The first kappa shape index (κ1) is 12.3. The van der Waals surface area contributed by atoms with Crippen molar-refractivity contribution in [3.8, 4) is 0 Å². The second kappa shape index (κ2) is 5.45. The Bertz CT molecular complexity index is 399. The zero-order chi connectivity index (χ0) is 12.3. The van der Waals surface area contributed by atoms with Gasteiger partial charge < -0.3 is 10.6 Å². The average molecular weight is 249 g/mol. The predicted octanol–water partition coefficient (Wildman–Crippen LogP) is 2.48. The van der Waals surface area contributed by atoms with Crippen LogP contribution in [0.15, 0.2) is 18.3 Å². The van der Waals surface area contributed by atoms with E-state index in [9.17, 15) is 0 Å². The molecule has 0 aromatic carbocycles. The zero-order valence-corrected chi connectivity index (χ0v) is 11.0. The van der Waals surface area contributed by atoms with Gasteiger partial charge in [-0.2, -0.15) is 0 Å². The van der Waals surface area contributed by atoms with E-state index in [1.54, 1.807) is 6.20 Å². The van der Waals surface area contributed by atoms with E-state index >= 15 is 0 Å². The third-order valence-corrected chi connectivity index (χ3v) is 3.67. The maximum atomic E-state index is 5.66. The molecule has 3 nitrogen and oxygen atoms in total. The molecule has 0 saturated heterocycles. The highest BCUT2D eigenvalue weighted by molar-refractivity contribution is 7.80. The minimum Gasteiger partial charge on any atom is -0.389 e. The zero-order valence-electron chi connectivity index (χ0n) is 10.2. The molecule has 1 aliphatic rings. The van der Waals surface area contributed by atoms with Gasteiger partial charge in [-0.05, 0) is 31.9 Å². The quantitative estimate of drug-likeness (QED) is 0.833. The average Bonchev–Trinajstić information content (AvgIpc) is 2.84. The van der Waals surface area contributed by atoms with Crippen LogP contribution >= 0.6 is 12.2 Å². The van der Waals surface area contributed by atoms with Crippen molar-refractivity contribution in [1.82, 2.24) is 4.98 Å². The summed E-state index contributed by atoms with van der Waals surface area (Å²) in [5.74, 6) is 1.00. The molecule has 0 radical (unpaired) electrons. The van der Waals surface area contributed by atoms with Gasteiger partial charge in [0, 0.05) is 24.3 Å². The Morgan fingerprint density at radius 2 is 2.24 bits per heavy atom. The topological polar surface area (TPSA) is 42.1 Å². The van der Waals surface area contributed by atoms with E-state index in [1.165, 1.54) is 25.7 Å². The lowest BCUT2D eigenvalue weighted by atomic mass is 10.2. The highest BCUT2D eigenvalue weighted by Crippen LogP contribution is 2.27. The number of hydrogen-bond acceptors (Lipinski definition) is 3. The van der Waals surface area contributed by atoms with Crippen LogP contribution in [0.2, 0.25) is 0 Å². The Hall–Kier alpha value is -1.16. The van der Waals surface area contributed by atoms with E-state index in [2.05, 4.69) is 16.8 Å². The first-order valence-electron chi connectivity index (χ1n) is 6.25. The van der Waals surface area contributed by atoms with Gasteiger partial charge in [-0.15, -0.1) is 0 Å². The lowest BCUT2D eigenvalue weighted by Gasteiger charge is -2.29. The monoisotopic (exact) mass is 249 g/mol. The van der Waals surface area contributed by atoms with Crippen molar-refractivity contribution >= 4 is 23.0 Å². The Kier molecular flexibility index (Phi) is 3.94. The van der Waals surface area contributed by atoms with Crippen molar-refractivity contribution in [2.45, 2.75) is 38.6 Å². The van der Waals surface area contributed by atoms with Crippen LogP contribution in [0.4, 0.5) is 5.82 Å². The number of hydrogen-bond donors (Lipinski definition) is 1. The van der Waals surface area contributed by atoms with Crippen LogP contribution in [0.5, 0.6) is 0 Å². The largest absolute Gasteiger partial charge is 0.389 e. The second-order valence-corrected chi connectivity index (χ2v) is 4.93. The van der Waals surface area contributed by atoms with E-state index in [-0.39, 0.29) is 0 Å². The molecular formula is C13H19N3S. The van der Waals surface area contributed by atoms with Gasteiger partial charge in [0.25, 0.3) is 0 Å². The van der Waals surface area contributed by atoms with Crippen molar-refractivity contribution in [2.75, 3.05) is 11.4 Å². The van der Waals surface area contributed by atoms with E-state index < -0.39 is 0 Å². The lowest BCUT2D eigenvalue weighted by molar-refractivity contribution is 0.613. The maximum absolute atomic E-state index is 5.66. The number of anilines is 1. The fourth-order valence-corrected chi connectivity index (χ4v) is 2.68. The lowest BCUT2D eigenvalue weighted by Crippen LogP contribution is -2.33. The summed E-state index contributed by atoms with van der Waals surface area (Å²) in [6.45, 7) is 3.16. The highest BCUT2D eigenvalue weighted by Gasteiger charge is 2.22. The van der Waals surface area contributed by atoms with Crippen molar-refractivity contribution in [1.29, 1.82) is 0 Å². The predicted molar refractivity (Wildman–Crippen MR) is 75.4 cm³/mol. The first-order valence-corrected chi connectivity index (χ1v) is 6.65. The molecule has 2 N–H and O–H groups in total. The van der Waals surface area contributed by atoms with Crippen LogP contribution in [0, 0.1) is 0 Å². The van der Waals surface area contributed by atoms with E-state index in [1.807, 2.05) is 12.1 Å². The van der Waals surface area contributed by atoms with Gasteiger partial charge in [0.15, 0.2) is 0 Å². The summed E-state index contributed by atoms with van der Waals surface area (Å²) < 4.78 is 0. The summed E-state index contributed by atoms with van der Waals surface area (Å²) in [6, 6.07) is 4.51. The summed E-state index contributed by atoms with van der Waals surface area (Å²) in [5.41, 5.74) is 6.57. The number of nitrogens with zero attached hydrogens (tertiary/aromatic N) is 2. The van der Waals surface area contributed by atoms with Crippen LogP contribution in [0.3, 0.4) is 0 Å². The molecule has 1 fully saturated rings. The van der Waals surface area contributed by atoms with Gasteiger partial charge >= 0.3 is 0 Å². The summed E-state index contributed by atoms with van der Waals surface area (Å²) in [4.78, 5) is 7.26. The smallest absolute Gasteiger partial charge is 0.129 e. The van der Waals surface area contributed by atoms with Gasteiger partial charge in [0.2, 0.25) is 0 Å². The SMILES string of the molecule is CCN(c1cc(C(N)=S)ccn1)C1CCCC1. The second-order valence-electron chi connectivity index (χ2n) is 4.49. The van der Waals surface area contributed by atoms with Gasteiger partial charge in [-0.3, -0.25) is 0 Å². The molecule has 1 heterocycles. The molecule has 2 rings (SSSR count). The Morgan fingerprint density at radius 1 is 1.53 bits per heavy atom. The minimum absolute atomic E-state index is 0.441. The summed E-state index contributed by atoms with van der Waals surface area (Å²) in [6.07, 6.45) is 6.99.